The first kappa shape index (κ1) is 21.2. The molecule has 0 spiro atoms. The molecule has 1 aliphatic carbocycles. The Hall–Kier alpha value is -2.49. The summed E-state index contributed by atoms with van der Waals surface area (Å²) in [6.07, 6.45) is -0.0238. The van der Waals surface area contributed by atoms with Gasteiger partial charge in [0.2, 0.25) is 0 Å². The fourth-order valence-electron chi connectivity index (χ4n) is 3.24. The highest BCUT2D eigenvalue weighted by Gasteiger charge is 2.38. The van der Waals surface area contributed by atoms with Crippen molar-refractivity contribution in [1.82, 2.24) is 4.98 Å². The van der Waals surface area contributed by atoms with E-state index in [-0.39, 0.29) is 40.6 Å². The van der Waals surface area contributed by atoms with Gasteiger partial charge in [0.1, 0.15) is 23.9 Å². The maximum atomic E-state index is 14.5. The molecule has 1 aliphatic rings. The Morgan fingerprint density at radius 1 is 1.38 bits per heavy atom. The van der Waals surface area contributed by atoms with Gasteiger partial charge in [0.05, 0.1) is 12.1 Å². The molecule has 0 bridgehead atoms. The van der Waals surface area contributed by atoms with Gasteiger partial charge in [-0.2, -0.15) is 0 Å². The highest BCUT2D eigenvalue weighted by atomic mass is 32.2. The number of fused-ring (bicyclic) bond motifs is 1. The van der Waals surface area contributed by atoms with Crippen LogP contribution in [0.4, 0.5) is 23.2 Å². The SMILES string of the molecule is C=C(C)c1cc(NS(=O)(=O)c2c[nH]c3c2CCC(F)(F)C3)c(F)cc1OCCF. The quantitative estimate of drug-likeness (QED) is 0.635. The van der Waals surface area contributed by atoms with Crippen molar-refractivity contribution in [3.8, 4) is 5.75 Å². The van der Waals surface area contributed by atoms with Gasteiger partial charge in [0.25, 0.3) is 15.9 Å². The third kappa shape index (κ3) is 4.42. The van der Waals surface area contributed by atoms with Crippen LogP contribution in [0.15, 0.2) is 29.8 Å². The first-order chi connectivity index (χ1) is 13.5. The number of aromatic amines is 1. The minimum atomic E-state index is -4.24. The summed E-state index contributed by atoms with van der Waals surface area (Å²) >= 11 is 0. The molecule has 0 saturated heterocycles. The second-order valence-electron chi connectivity index (χ2n) is 6.89. The molecule has 2 N–H and O–H groups in total. The normalized spacial score (nSPS) is 15.6. The fraction of sp³-hybridized carbons (Fsp3) is 0.368. The van der Waals surface area contributed by atoms with Crippen LogP contribution in [0.2, 0.25) is 0 Å². The maximum absolute atomic E-state index is 14.5. The zero-order valence-corrected chi connectivity index (χ0v) is 16.4. The summed E-state index contributed by atoms with van der Waals surface area (Å²) < 4.78 is 86.9. The lowest BCUT2D eigenvalue weighted by atomic mass is 9.95. The van der Waals surface area contributed by atoms with E-state index in [0.717, 1.165) is 12.3 Å². The smallest absolute Gasteiger partial charge is 0.263 e. The third-order valence-electron chi connectivity index (χ3n) is 4.61. The Morgan fingerprint density at radius 2 is 2.10 bits per heavy atom. The molecule has 0 unspecified atom stereocenters. The van der Waals surface area contributed by atoms with Crippen LogP contribution in [0, 0.1) is 5.82 Å². The molecule has 2 aromatic rings. The average molecular weight is 432 g/mol. The molecule has 0 radical (unpaired) electrons. The second kappa shape index (κ2) is 7.74. The van der Waals surface area contributed by atoms with Crippen LogP contribution in [-0.2, 0) is 22.9 Å². The number of hydrogen-bond donors (Lipinski definition) is 2. The topological polar surface area (TPSA) is 71.2 Å². The Kier molecular flexibility index (Phi) is 5.66. The Morgan fingerprint density at radius 3 is 2.76 bits per heavy atom. The van der Waals surface area contributed by atoms with Gasteiger partial charge in [-0.3, -0.25) is 4.72 Å². The lowest BCUT2D eigenvalue weighted by Gasteiger charge is -2.22. The number of benzene rings is 1. The molecule has 3 rings (SSSR count). The molecular formula is C19H20F4N2O3S. The molecule has 0 amide bonds. The standard InChI is InChI=1S/C19H20F4N2O3S/c1-11(2)13-7-15(14(21)8-17(13)28-6-5-20)25-29(26,27)18-10-24-16-9-19(22,23)4-3-12(16)18/h7-8,10,24-25H,1,3-6,9H2,2H3. The Balaban J connectivity index is 1.94. The summed E-state index contributed by atoms with van der Waals surface area (Å²) in [6.45, 7) is 4.28. The average Bonchev–Trinajstić information content (AvgIpc) is 3.04. The van der Waals surface area contributed by atoms with Gasteiger partial charge in [-0.05, 0) is 30.5 Å². The highest BCUT2D eigenvalue weighted by molar-refractivity contribution is 7.92. The number of anilines is 1. The minimum absolute atomic E-state index is 0.0388. The van der Waals surface area contributed by atoms with Gasteiger partial charge in [0, 0.05) is 29.9 Å². The summed E-state index contributed by atoms with van der Waals surface area (Å²) in [4.78, 5) is 2.39. The number of H-pyrrole nitrogens is 1. The number of nitrogens with one attached hydrogen (secondary N) is 2. The van der Waals surface area contributed by atoms with E-state index < -0.39 is 41.3 Å². The number of aromatic nitrogens is 1. The van der Waals surface area contributed by atoms with E-state index in [2.05, 4.69) is 16.3 Å². The van der Waals surface area contributed by atoms with E-state index in [0.29, 0.717) is 11.1 Å². The van der Waals surface area contributed by atoms with Crippen LogP contribution < -0.4 is 9.46 Å². The molecule has 0 aliphatic heterocycles. The molecule has 1 heterocycles. The van der Waals surface area contributed by atoms with Crippen LogP contribution in [0.25, 0.3) is 5.57 Å². The lowest BCUT2D eigenvalue weighted by Crippen LogP contribution is -2.26. The van der Waals surface area contributed by atoms with Gasteiger partial charge >= 0.3 is 0 Å². The van der Waals surface area contributed by atoms with Crippen molar-refractivity contribution >= 4 is 21.3 Å². The number of rotatable bonds is 7. The lowest BCUT2D eigenvalue weighted by molar-refractivity contribution is -0.0133. The van der Waals surface area contributed by atoms with Gasteiger partial charge < -0.3 is 9.72 Å². The van der Waals surface area contributed by atoms with E-state index in [1.807, 2.05) is 0 Å². The molecule has 29 heavy (non-hydrogen) atoms. The molecular weight excluding hydrogens is 412 g/mol. The van der Waals surface area contributed by atoms with E-state index in [9.17, 15) is 26.0 Å². The predicted molar refractivity (Wildman–Crippen MR) is 101 cm³/mol. The maximum Gasteiger partial charge on any atom is 0.263 e. The number of sulfonamides is 1. The van der Waals surface area contributed by atoms with Crippen LogP contribution in [0.1, 0.15) is 30.2 Å². The molecule has 5 nitrogen and oxygen atoms in total. The van der Waals surface area contributed by atoms with Crippen LogP contribution in [0.5, 0.6) is 5.75 Å². The molecule has 158 valence electrons. The van der Waals surface area contributed by atoms with Crippen molar-refractivity contribution in [1.29, 1.82) is 0 Å². The van der Waals surface area contributed by atoms with E-state index in [1.165, 1.54) is 6.07 Å². The molecule has 0 fully saturated rings. The minimum Gasteiger partial charge on any atom is -0.490 e. The van der Waals surface area contributed by atoms with Crippen LogP contribution >= 0.6 is 0 Å². The first-order valence-corrected chi connectivity index (χ1v) is 10.3. The number of hydrogen-bond acceptors (Lipinski definition) is 3. The number of alkyl halides is 3. The fourth-order valence-corrected chi connectivity index (χ4v) is 4.56. The molecule has 0 atom stereocenters. The Labute approximate surface area is 165 Å². The summed E-state index contributed by atoms with van der Waals surface area (Å²) in [5.41, 5.74) is 0.840. The summed E-state index contributed by atoms with van der Waals surface area (Å²) in [5.74, 6) is -3.79. The second-order valence-corrected chi connectivity index (χ2v) is 8.55. The largest absolute Gasteiger partial charge is 0.490 e. The van der Waals surface area contributed by atoms with Gasteiger partial charge in [-0.1, -0.05) is 6.58 Å². The molecule has 10 heteroatoms. The predicted octanol–water partition coefficient (Wildman–Crippen LogP) is 4.46. The van der Waals surface area contributed by atoms with E-state index in [4.69, 9.17) is 4.74 Å². The van der Waals surface area contributed by atoms with Crippen molar-refractivity contribution in [3.63, 3.8) is 0 Å². The van der Waals surface area contributed by atoms with Crippen molar-refractivity contribution in [2.75, 3.05) is 18.0 Å². The van der Waals surface area contributed by atoms with E-state index >= 15 is 0 Å². The van der Waals surface area contributed by atoms with E-state index in [1.54, 1.807) is 6.92 Å². The van der Waals surface area contributed by atoms with Crippen molar-refractivity contribution in [2.24, 2.45) is 0 Å². The van der Waals surface area contributed by atoms with Crippen molar-refractivity contribution in [3.05, 3.63) is 47.5 Å². The van der Waals surface area contributed by atoms with Gasteiger partial charge in [-0.15, -0.1) is 0 Å². The zero-order chi connectivity index (χ0) is 21.4. The van der Waals surface area contributed by atoms with Gasteiger partial charge in [-0.25, -0.2) is 26.0 Å². The monoisotopic (exact) mass is 432 g/mol. The summed E-state index contributed by atoms with van der Waals surface area (Å²) in [5, 5.41) is 0. The van der Waals surface area contributed by atoms with Crippen molar-refractivity contribution < 1.29 is 30.7 Å². The zero-order valence-electron chi connectivity index (χ0n) is 15.6. The summed E-state index contributed by atoms with van der Waals surface area (Å²) in [7, 11) is -4.24. The van der Waals surface area contributed by atoms with Crippen molar-refractivity contribution in [2.45, 2.75) is 37.0 Å². The Bertz CT molecular complexity index is 1050. The highest BCUT2D eigenvalue weighted by Crippen LogP contribution is 2.37. The summed E-state index contributed by atoms with van der Waals surface area (Å²) in [6, 6.07) is 2.15. The van der Waals surface area contributed by atoms with Gasteiger partial charge in [0.15, 0.2) is 5.82 Å². The molecule has 1 aromatic heterocycles. The molecule has 0 saturated carbocycles. The number of halogens is 4. The number of allylic oxidation sites excluding steroid dienone is 1. The molecule has 1 aromatic carbocycles. The van der Waals surface area contributed by atoms with Crippen LogP contribution in [-0.4, -0.2) is 32.6 Å². The third-order valence-corrected chi connectivity index (χ3v) is 6.04. The first-order valence-electron chi connectivity index (χ1n) is 8.82. The van der Waals surface area contributed by atoms with Crippen LogP contribution in [0.3, 0.4) is 0 Å². The number of ether oxygens (including phenoxy) is 1.